The summed E-state index contributed by atoms with van der Waals surface area (Å²) in [5, 5.41) is 7.15. The summed E-state index contributed by atoms with van der Waals surface area (Å²) in [6, 6.07) is 18.5. The Morgan fingerprint density at radius 1 is 0.979 bits per heavy atom. The maximum absolute atomic E-state index is 13.5. The van der Waals surface area contributed by atoms with E-state index in [2.05, 4.69) is 21.7 Å². The van der Waals surface area contributed by atoms with Gasteiger partial charge in [0.1, 0.15) is 17.6 Å². The average molecular weight is 641 g/mol. The van der Waals surface area contributed by atoms with Crippen LogP contribution in [0.2, 0.25) is 0 Å². The van der Waals surface area contributed by atoms with Gasteiger partial charge in [-0.3, -0.25) is 14.4 Å². The summed E-state index contributed by atoms with van der Waals surface area (Å²) in [5.74, 6) is 1.60. The lowest BCUT2D eigenvalue weighted by molar-refractivity contribution is -0.135. The minimum Gasteiger partial charge on any atom is -0.496 e. The SMILES string of the molecule is COc1cc2ccc1CNC(=O)CCc1ccc(OC)c(c1)OCC(=O)N[C@@H]1CN(C(=O)CCc3c[nH]c4ccccc34)CC[C@@H]1O2. The van der Waals surface area contributed by atoms with Crippen LogP contribution in [0.5, 0.6) is 23.0 Å². The topological polar surface area (TPSA) is 131 Å². The molecule has 0 spiro atoms. The van der Waals surface area contributed by atoms with Crippen LogP contribution in [0.1, 0.15) is 36.0 Å². The number of piperidine rings is 1. The summed E-state index contributed by atoms with van der Waals surface area (Å²) in [6.45, 7) is 0.826. The molecular formula is C36H40N4O7. The van der Waals surface area contributed by atoms with Crippen molar-refractivity contribution in [2.75, 3.05) is 33.9 Å². The first-order chi connectivity index (χ1) is 22.9. The van der Waals surface area contributed by atoms with E-state index in [1.807, 2.05) is 42.6 Å². The van der Waals surface area contributed by atoms with Gasteiger partial charge in [-0.1, -0.05) is 24.3 Å². The van der Waals surface area contributed by atoms with Gasteiger partial charge in [0.15, 0.2) is 18.1 Å². The summed E-state index contributed by atoms with van der Waals surface area (Å²) >= 11 is 0. The van der Waals surface area contributed by atoms with Gasteiger partial charge < -0.3 is 39.5 Å². The molecule has 4 aromatic rings. The molecule has 3 aromatic carbocycles. The third kappa shape index (κ3) is 7.62. The van der Waals surface area contributed by atoms with Gasteiger partial charge in [-0.15, -0.1) is 0 Å². The molecule has 1 saturated heterocycles. The first-order valence-corrected chi connectivity index (χ1v) is 15.9. The molecule has 0 saturated carbocycles. The summed E-state index contributed by atoms with van der Waals surface area (Å²) in [6.07, 6.45) is 3.78. The van der Waals surface area contributed by atoms with E-state index in [0.717, 1.165) is 27.6 Å². The van der Waals surface area contributed by atoms with Crippen molar-refractivity contribution < 1.29 is 33.3 Å². The Hall–Kier alpha value is -5.19. The Bertz CT molecular complexity index is 1750. The second-order valence-electron chi connectivity index (χ2n) is 11.8. The van der Waals surface area contributed by atoms with E-state index in [4.69, 9.17) is 18.9 Å². The van der Waals surface area contributed by atoms with Crippen molar-refractivity contribution in [1.29, 1.82) is 0 Å². The van der Waals surface area contributed by atoms with E-state index in [9.17, 15) is 14.4 Å². The Morgan fingerprint density at radius 2 is 1.83 bits per heavy atom. The lowest BCUT2D eigenvalue weighted by atomic mass is 10.00. The highest BCUT2D eigenvalue weighted by Crippen LogP contribution is 2.30. The molecule has 0 radical (unpaired) electrons. The molecule has 3 aliphatic heterocycles. The van der Waals surface area contributed by atoms with E-state index in [-0.39, 0.29) is 30.7 Å². The van der Waals surface area contributed by atoms with Gasteiger partial charge in [-0.2, -0.15) is 0 Å². The third-order valence-electron chi connectivity index (χ3n) is 8.78. The quantitative estimate of drug-likeness (QED) is 0.301. The fraction of sp³-hybridized carbons (Fsp3) is 0.361. The van der Waals surface area contributed by atoms with Gasteiger partial charge in [-0.05, 0) is 54.3 Å². The van der Waals surface area contributed by atoms with Crippen molar-refractivity contribution in [3.05, 3.63) is 83.6 Å². The summed E-state index contributed by atoms with van der Waals surface area (Å²) < 4.78 is 23.4. The molecular weight excluding hydrogens is 600 g/mol. The number of carbonyl (C=O) groups excluding carboxylic acids is 3. The number of nitrogens with zero attached hydrogens (tertiary/aromatic N) is 1. The molecule has 11 heteroatoms. The van der Waals surface area contributed by atoms with E-state index in [1.54, 1.807) is 30.2 Å². The van der Waals surface area contributed by atoms with Gasteiger partial charge in [0, 0.05) is 67.6 Å². The number of fused-ring (bicyclic) bond motifs is 10. The zero-order chi connectivity index (χ0) is 32.8. The lowest BCUT2D eigenvalue weighted by Gasteiger charge is -2.39. The molecule has 3 N–H and O–H groups in total. The minimum atomic E-state index is -0.489. The number of para-hydroxylation sites is 1. The maximum Gasteiger partial charge on any atom is 0.258 e. The number of nitrogens with one attached hydrogen (secondary N) is 3. The molecule has 7 rings (SSSR count). The molecule has 2 atom stereocenters. The number of hydrogen-bond acceptors (Lipinski definition) is 7. The molecule has 1 fully saturated rings. The number of H-pyrrole nitrogens is 1. The Labute approximate surface area is 273 Å². The number of aromatic nitrogens is 1. The highest BCUT2D eigenvalue weighted by atomic mass is 16.5. The largest absolute Gasteiger partial charge is 0.496 e. The second kappa shape index (κ2) is 14.5. The number of hydrogen-bond donors (Lipinski definition) is 3. The number of ether oxygens (including phenoxy) is 4. The number of benzene rings is 3. The van der Waals surface area contributed by atoms with E-state index in [0.29, 0.717) is 68.3 Å². The Balaban J connectivity index is 1.21. The standard InChI is InChI=1S/C36H40N4O7/c1-44-31-12-7-23-8-13-34(41)38-20-25-9-11-26(18-32(25)45-2)47-30-15-16-40(21-29(30)39-35(42)22-46-33(31)17-23)36(43)14-10-24-19-37-28-6-4-3-5-27(24)28/h3-7,9,11-12,17-19,29-30,37H,8,10,13-16,20-22H2,1-2H3,(H,38,41)(H,39,42)/t29-,30+/m1/s1. The summed E-state index contributed by atoms with van der Waals surface area (Å²) in [4.78, 5) is 44.5. The van der Waals surface area contributed by atoms with Crippen LogP contribution in [0.4, 0.5) is 0 Å². The molecule has 246 valence electrons. The number of carbonyl (C=O) groups is 3. The number of likely N-dealkylation sites (tertiary alicyclic amines) is 1. The minimum absolute atomic E-state index is 0.0179. The first-order valence-electron chi connectivity index (χ1n) is 15.9. The van der Waals surface area contributed by atoms with Crippen molar-refractivity contribution >= 4 is 28.6 Å². The van der Waals surface area contributed by atoms with Crippen LogP contribution in [0.15, 0.2) is 66.9 Å². The number of rotatable bonds is 5. The highest BCUT2D eigenvalue weighted by molar-refractivity contribution is 5.84. The fourth-order valence-electron chi connectivity index (χ4n) is 6.22. The smallest absolute Gasteiger partial charge is 0.258 e. The van der Waals surface area contributed by atoms with Crippen LogP contribution in [0, 0.1) is 0 Å². The highest BCUT2D eigenvalue weighted by Gasteiger charge is 2.34. The summed E-state index contributed by atoms with van der Waals surface area (Å²) in [5.41, 5.74) is 3.83. The maximum atomic E-state index is 13.5. The molecule has 47 heavy (non-hydrogen) atoms. The summed E-state index contributed by atoms with van der Waals surface area (Å²) in [7, 11) is 3.11. The van der Waals surface area contributed by atoms with Crippen molar-refractivity contribution in [3.63, 3.8) is 0 Å². The van der Waals surface area contributed by atoms with E-state index >= 15 is 0 Å². The molecule has 0 aliphatic carbocycles. The van der Waals surface area contributed by atoms with Gasteiger partial charge in [0.05, 0.1) is 20.3 Å². The second-order valence-corrected chi connectivity index (χ2v) is 11.8. The fourth-order valence-corrected chi connectivity index (χ4v) is 6.22. The average Bonchev–Trinajstić information content (AvgIpc) is 3.51. The normalized spacial score (nSPS) is 18.8. The van der Waals surface area contributed by atoms with Crippen LogP contribution in [0.25, 0.3) is 10.9 Å². The van der Waals surface area contributed by atoms with Crippen molar-refractivity contribution in [3.8, 4) is 23.0 Å². The van der Waals surface area contributed by atoms with Crippen LogP contribution in [-0.2, 0) is 33.8 Å². The zero-order valence-corrected chi connectivity index (χ0v) is 26.7. The number of methoxy groups -OCH3 is 2. The van der Waals surface area contributed by atoms with Gasteiger partial charge in [-0.25, -0.2) is 0 Å². The molecule has 0 unspecified atom stereocenters. The number of aromatic amines is 1. The molecule has 1 aromatic heterocycles. The third-order valence-corrected chi connectivity index (χ3v) is 8.78. The predicted octanol–water partition coefficient (Wildman–Crippen LogP) is 3.92. The Kier molecular flexibility index (Phi) is 9.80. The number of aryl methyl sites for hydroxylation is 2. The van der Waals surface area contributed by atoms with Gasteiger partial charge >= 0.3 is 0 Å². The van der Waals surface area contributed by atoms with E-state index in [1.165, 1.54) is 7.11 Å². The first kappa shape index (κ1) is 31.8. The molecule has 4 heterocycles. The molecule has 3 aliphatic rings. The van der Waals surface area contributed by atoms with Crippen LogP contribution >= 0.6 is 0 Å². The Morgan fingerprint density at radius 3 is 2.68 bits per heavy atom. The molecule has 11 nitrogen and oxygen atoms in total. The van der Waals surface area contributed by atoms with Gasteiger partial charge in [0.2, 0.25) is 11.8 Å². The van der Waals surface area contributed by atoms with Crippen LogP contribution in [0.3, 0.4) is 0 Å². The van der Waals surface area contributed by atoms with Crippen molar-refractivity contribution in [2.45, 2.75) is 50.8 Å². The van der Waals surface area contributed by atoms with Crippen molar-refractivity contribution in [1.82, 2.24) is 20.5 Å². The molecule has 3 amide bonds. The predicted molar refractivity (Wildman–Crippen MR) is 176 cm³/mol. The van der Waals surface area contributed by atoms with Crippen molar-refractivity contribution in [2.24, 2.45) is 0 Å². The monoisotopic (exact) mass is 640 g/mol. The number of amides is 3. The van der Waals surface area contributed by atoms with Crippen LogP contribution < -0.4 is 29.6 Å². The molecule has 4 bridgehead atoms. The zero-order valence-electron chi connectivity index (χ0n) is 26.7. The lowest BCUT2D eigenvalue weighted by Crippen LogP contribution is -2.58. The van der Waals surface area contributed by atoms with Gasteiger partial charge in [0.25, 0.3) is 5.91 Å². The van der Waals surface area contributed by atoms with E-state index < -0.39 is 12.1 Å². The van der Waals surface area contributed by atoms with Crippen LogP contribution in [-0.4, -0.2) is 73.7 Å².